The van der Waals surface area contributed by atoms with Crippen molar-refractivity contribution in [3.8, 4) is 0 Å². The lowest BCUT2D eigenvalue weighted by Gasteiger charge is -2.11. The Bertz CT molecular complexity index is 457. The van der Waals surface area contributed by atoms with E-state index in [-0.39, 0.29) is 5.82 Å². The molecule has 1 unspecified atom stereocenters. The summed E-state index contributed by atoms with van der Waals surface area (Å²) in [5.74, 6) is 0.522. The molecular weight excluding hydrogens is 219 g/mol. The Labute approximate surface area is 99.7 Å². The Kier molecular flexibility index (Phi) is 3.59. The van der Waals surface area contributed by atoms with Crippen LogP contribution in [0.4, 0.5) is 4.39 Å². The van der Waals surface area contributed by atoms with E-state index in [1.807, 2.05) is 19.1 Å². The number of hydrogen-bond acceptors (Lipinski definition) is 2. The fraction of sp³-hybridized carbons (Fsp3) is 0.286. The first kappa shape index (κ1) is 11.9. The summed E-state index contributed by atoms with van der Waals surface area (Å²) >= 11 is 0. The highest BCUT2D eigenvalue weighted by Gasteiger charge is 2.10. The van der Waals surface area contributed by atoms with Crippen LogP contribution in [0.5, 0.6) is 0 Å². The van der Waals surface area contributed by atoms with Crippen LogP contribution >= 0.6 is 0 Å². The van der Waals surface area contributed by atoms with Gasteiger partial charge >= 0.3 is 0 Å². The van der Waals surface area contributed by atoms with Crippen molar-refractivity contribution in [3.05, 3.63) is 59.3 Å². The lowest BCUT2D eigenvalue weighted by molar-refractivity contribution is 0.165. The molecule has 0 aliphatic rings. The van der Waals surface area contributed by atoms with Crippen LogP contribution in [0.15, 0.2) is 41.0 Å². The first-order chi connectivity index (χ1) is 8.15. The summed E-state index contributed by atoms with van der Waals surface area (Å²) in [4.78, 5) is 0. The minimum absolute atomic E-state index is 0.308. The summed E-state index contributed by atoms with van der Waals surface area (Å²) < 4.78 is 18.4. The van der Waals surface area contributed by atoms with E-state index in [1.165, 1.54) is 12.1 Å². The van der Waals surface area contributed by atoms with Crippen molar-refractivity contribution in [2.24, 2.45) is 0 Å². The molecule has 1 N–H and O–H groups in total. The first-order valence-corrected chi connectivity index (χ1v) is 5.62. The van der Waals surface area contributed by atoms with Gasteiger partial charge in [0.05, 0.1) is 12.4 Å². The second kappa shape index (κ2) is 5.15. The van der Waals surface area contributed by atoms with E-state index < -0.39 is 6.10 Å². The first-order valence-electron chi connectivity index (χ1n) is 5.62. The Morgan fingerprint density at radius 1 is 1.35 bits per heavy atom. The zero-order chi connectivity index (χ0) is 12.3. The Balaban J connectivity index is 2.01. The van der Waals surface area contributed by atoms with Gasteiger partial charge in [-0.15, -0.1) is 0 Å². The van der Waals surface area contributed by atoms with Crippen molar-refractivity contribution in [1.29, 1.82) is 0 Å². The van der Waals surface area contributed by atoms with Gasteiger partial charge in [0.25, 0.3) is 0 Å². The molecule has 2 nitrogen and oxygen atoms in total. The number of aliphatic hydroxyl groups is 1. The molecule has 0 saturated carbocycles. The van der Waals surface area contributed by atoms with Crippen molar-refractivity contribution in [2.45, 2.75) is 25.9 Å². The molecule has 2 aromatic rings. The van der Waals surface area contributed by atoms with Crippen LogP contribution in [0.1, 0.15) is 29.4 Å². The van der Waals surface area contributed by atoms with Gasteiger partial charge < -0.3 is 9.52 Å². The van der Waals surface area contributed by atoms with Gasteiger partial charge in [-0.1, -0.05) is 6.07 Å². The zero-order valence-corrected chi connectivity index (χ0v) is 9.69. The Hall–Kier alpha value is -1.61. The van der Waals surface area contributed by atoms with Gasteiger partial charge in [-0.05, 0) is 48.7 Å². The van der Waals surface area contributed by atoms with Gasteiger partial charge in [-0.3, -0.25) is 0 Å². The maximum atomic E-state index is 13.2. The predicted molar refractivity (Wildman–Crippen MR) is 63.1 cm³/mol. The van der Waals surface area contributed by atoms with Gasteiger partial charge in [0.2, 0.25) is 0 Å². The molecule has 0 fully saturated rings. The number of aryl methyl sites for hydroxylation is 2. The monoisotopic (exact) mass is 234 g/mol. The number of rotatable bonds is 4. The molecule has 0 amide bonds. The Morgan fingerprint density at radius 3 is 2.82 bits per heavy atom. The van der Waals surface area contributed by atoms with Crippen molar-refractivity contribution in [2.75, 3.05) is 0 Å². The topological polar surface area (TPSA) is 33.4 Å². The van der Waals surface area contributed by atoms with Gasteiger partial charge in [-0.2, -0.15) is 0 Å². The summed E-state index contributed by atoms with van der Waals surface area (Å²) in [5, 5.41) is 9.96. The lowest BCUT2D eigenvalue weighted by Crippen LogP contribution is -2.00. The van der Waals surface area contributed by atoms with E-state index in [0.717, 1.165) is 11.3 Å². The third-order valence-corrected chi connectivity index (χ3v) is 2.69. The molecule has 1 aromatic heterocycles. The SMILES string of the molecule is Cc1cc(F)cc(C(O)CCc2ccco2)c1. The number of furan rings is 1. The predicted octanol–water partition coefficient (Wildman–Crippen LogP) is 3.39. The highest BCUT2D eigenvalue weighted by Crippen LogP contribution is 2.21. The second-order valence-corrected chi connectivity index (χ2v) is 4.20. The summed E-state index contributed by atoms with van der Waals surface area (Å²) in [6, 6.07) is 8.30. The van der Waals surface area contributed by atoms with Gasteiger partial charge in [0.15, 0.2) is 0 Å². The third kappa shape index (κ3) is 3.17. The van der Waals surface area contributed by atoms with Crippen LogP contribution < -0.4 is 0 Å². The second-order valence-electron chi connectivity index (χ2n) is 4.20. The molecule has 1 atom stereocenters. The molecule has 3 heteroatoms. The van der Waals surface area contributed by atoms with Crippen LogP contribution in [0.25, 0.3) is 0 Å². The molecule has 0 radical (unpaired) electrons. The molecule has 0 bridgehead atoms. The molecule has 0 saturated heterocycles. The molecule has 0 aliphatic heterocycles. The number of halogens is 1. The normalized spacial score (nSPS) is 12.6. The summed E-state index contributed by atoms with van der Waals surface area (Å²) in [6.45, 7) is 1.81. The maximum absolute atomic E-state index is 13.2. The lowest BCUT2D eigenvalue weighted by atomic mass is 10.0. The van der Waals surface area contributed by atoms with E-state index in [9.17, 15) is 9.50 Å². The zero-order valence-electron chi connectivity index (χ0n) is 9.69. The minimum atomic E-state index is -0.658. The van der Waals surface area contributed by atoms with Crippen LogP contribution in [0.3, 0.4) is 0 Å². The molecule has 1 heterocycles. The number of benzene rings is 1. The fourth-order valence-corrected chi connectivity index (χ4v) is 1.86. The van der Waals surface area contributed by atoms with Crippen molar-refractivity contribution < 1.29 is 13.9 Å². The third-order valence-electron chi connectivity index (χ3n) is 2.69. The minimum Gasteiger partial charge on any atom is -0.469 e. The van der Waals surface area contributed by atoms with Crippen LogP contribution in [0.2, 0.25) is 0 Å². The highest BCUT2D eigenvalue weighted by molar-refractivity contribution is 5.25. The molecule has 2 rings (SSSR count). The summed E-state index contributed by atoms with van der Waals surface area (Å²) in [6.07, 6.45) is 2.11. The summed E-state index contributed by atoms with van der Waals surface area (Å²) in [7, 11) is 0. The maximum Gasteiger partial charge on any atom is 0.123 e. The van der Waals surface area contributed by atoms with Gasteiger partial charge in [-0.25, -0.2) is 4.39 Å². The fourth-order valence-electron chi connectivity index (χ4n) is 1.86. The van der Waals surface area contributed by atoms with E-state index in [1.54, 1.807) is 12.3 Å². The average Bonchev–Trinajstić information content (AvgIpc) is 2.77. The molecule has 0 spiro atoms. The van der Waals surface area contributed by atoms with E-state index in [4.69, 9.17) is 4.42 Å². The van der Waals surface area contributed by atoms with Gasteiger partial charge in [0.1, 0.15) is 11.6 Å². The largest absolute Gasteiger partial charge is 0.469 e. The molecular formula is C14H15FO2. The van der Waals surface area contributed by atoms with Gasteiger partial charge in [0, 0.05) is 6.42 Å². The Morgan fingerprint density at radius 2 is 2.18 bits per heavy atom. The van der Waals surface area contributed by atoms with E-state index in [2.05, 4.69) is 0 Å². The van der Waals surface area contributed by atoms with E-state index in [0.29, 0.717) is 18.4 Å². The van der Waals surface area contributed by atoms with Crippen molar-refractivity contribution in [1.82, 2.24) is 0 Å². The highest BCUT2D eigenvalue weighted by atomic mass is 19.1. The summed E-state index contributed by atoms with van der Waals surface area (Å²) in [5.41, 5.74) is 1.44. The molecule has 0 aliphatic carbocycles. The van der Waals surface area contributed by atoms with Crippen LogP contribution in [-0.2, 0) is 6.42 Å². The van der Waals surface area contributed by atoms with Crippen LogP contribution in [-0.4, -0.2) is 5.11 Å². The smallest absolute Gasteiger partial charge is 0.123 e. The van der Waals surface area contributed by atoms with Crippen LogP contribution in [0, 0.1) is 12.7 Å². The molecule has 17 heavy (non-hydrogen) atoms. The molecule has 1 aromatic carbocycles. The van der Waals surface area contributed by atoms with Crippen molar-refractivity contribution in [3.63, 3.8) is 0 Å². The average molecular weight is 234 g/mol. The number of hydrogen-bond donors (Lipinski definition) is 1. The number of aliphatic hydroxyl groups excluding tert-OH is 1. The quantitative estimate of drug-likeness (QED) is 0.879. The van der Waals surface area contributed by atoms with E-state index >= 15 is 0 Å². The molecule has 90 valence electrons. The standard InChI is InChI=1S/C14H15FO2/c1-10-7-11(9-12(15)8-10)14(16)5-4-13-3-2-6-17-13/h2-3,6-9,14,16H,4-5H2,1H3. The van der Waals surface area contributed by atoms with Crippen molar-refractivity contribution >= 4 is 0 Å².